The van der Waals surface area contributed by atoms with E-state index in [0.29, 0.717) is 17.9 Å². The molecule has 0 aliphatic heterocycles. The third-order valence-electron chi connectivity index (χ3n) is 3.71. The normalized spacial score (nSPS) is 10.3. The molecule has 23 heavy (non-hydrogen) atoms. The van der Waals surface area contributed by atoms with Crippen LogP contribution in [0.15, 0.2) is 36.4 Å². The molecule has 114 valence electrons. The molecular weight excluding hydrogens is 288 g/mol. The smallest absolute Gasteiger partial charge is 0.167 e. The number of aromatic nitrogens is 4. The Hall–Kier alpha value is -3.20. The topological polar surface area (TPSA) is 90.3 Å². The Morgan fingerprint density at radius 2 is 1.96 bits per heavy atom. The molecular formula is C17H16N6. The Morgan fingerprint density at radius 1 is 1.17 bits per heavy atom. The Kier molecular flexibility index (Phi) is 4.02. The molecule has 6 heteroatoms. The second-order valence-electron chi connectivity index (χ2n) is 5.24. The SMILES string of the molecule is Cc1nnc(NCc2cc(-c3ccccc3)n[nH]2)c(C#N)c1C. The maximum Gasteiger partial charge on any atom is 0.167 e. The summed E-state index contributed by atoms with van der Waals surface area (Å²) in [4.78, 5) is 0. The van der Waals surface area contributed by atoms with E-state index in [0.717, 1.165) is 28.2 Å². The Balaban J connectivity index is 1.77. The van der Waals surface area contributed by atoms with Crippen molar-refractivity contribution in [2.45, 2.75) is 20.4 Å². The number of nitrogens with zero attached hydrogens (tertiary/aromatic N) is 4. The van der Waals surface area contributed by atoms with Crippen LogP contribution < -0.4 is 5.32 Å². The van der Waals surface area contributed by atoms with Crippen molar-refractivity contribution in [1.82, 2.24) is 20.4 Å². The van der Waals surface area contributed by atoms with E-state index < -0.39 is 0 Å². The molecule has 3 aromatic rings. The zero-order valence-electron chi connectivity index (χ0n) is 13.0. The first-order valence-corrected chi connectivity index (χ1v) is 7.26. The summed E-state index contributed by atoms with van der Waals surface area (Å²) < 4.78 is 0. The molecule has 2 heterocycles. The number of nitrogens with one attached hydrogen (secondary N) is 2. The van der Waals surface area contributed by atoms with Crippen LogP contribution in [0.4, 0.5) is 5.82 Å². The van der Waals surface area contributed by atoms with Crippen LogP contribution in [0.5, 0.6) is 0 Å². The minimum Gasteiger partial charge on any atom is -0.362 e. The molecule has 0 spiro atoms. The van der Waals surface area contributed by atoms with Gasteiger partial charge in [-0.3, -0.25) is 5.10 Å². The van der Waals surface area contributed by atoms with Gasteiger partial charge in [0.1, 0.15) is 11.6 Å². The van der Waals surface area contributed by atoms with Crippen molar-refractivity contribution in [2.24, 2.45) is 0 Å². The van der Waals surface area contributed by atoms with Gasteiger partial charge in [-0.25, -0.2) is 0 Å². The molecule has 0 aliphatic carbocycles. The number of benzene rings is 1. The maximum atomic E-state index is 9.30. The lowest BCUT2D eigenvalue weighted by molar-refractivity contribution is 0.923. The highest BCUT2D eigenvalue weighted by molar-refractivity contribution is 5.59. The van der Waals surface area contributed by atoms with E-state index in [4.69, 9.17) is 0 Å². The van der Waals surface area contributed by atoms with Gasteiger partial charge in [0.15, 0.2) is 5.82 Å². The molecule has 2 N–H and O–H groups in total. The number of H-pyrrole nitrogens is 1. The fourth-order valence-electron chi connectivity index (χ4n) is 2.26. The summed E-state index contributed by atoms with van der Waals surface area (Å²) in [5, 5.41) is 27.9. The van der Waals surface area contributed by atoms with Crippen LogP contribution in [0.2, 0.25) is 0 Å². The van der Waals surface area contributed by atoms with Crippen molar-refractivity contribution in [3.63, 3.8) is 0 Å². The third kappa shape index (κ3) is 3.04. The van der Waals surface area contributed by atoms with Crippen LogP contribution in [-0.4, -0.2) is 20.4 Å². The van der Waals surface area contributed by atoms with Gasteiger partial charge < -0.3 is 5.32 Å². The van der Waals surface area contributed by atoms with Crippen LogP contribution in [0.1, 0.15) is 22.5 Å². The standard InChI is InChI=1S/C17H16N6/c1-11-12(2)20-23-17(15(11)9-18)19-10-14-8-16(22-21-14)13-6-4-3-5-7-13/h3-8H,10H2,1-2H3,(H,19,23)(H,21,22). The van der Waals surface area contributed by atoms with Crippen molar-refractivity contribution in [2.75, 3.05) is 5.32 Å². The Morgan fingerprint density at radius 3 is 2.70 bits per heavy atom. The summed E-state index contributed by atoms with van der Waals surface area (Å²) in [5.74, 6) is 0.492. The van der Waals surface area contributed by atoms with Gasteiger partial charge in [-0.1, -0.05) is 30.3 Å². The van der Waals surface area contributed by atoms with Gasteiger partial charge in [-0.2, -0.15) is 15.5 Å². The lowest BCUT2D eigenvalue weighted by Gasteiger charge is -2.08. The molecule has 0 atom stereocenters. The molecule has 0 aliphatic rings. The van der Waals surface area contributed by atoms with Crippen LogP contribution in [0.25, 0.3) is 11.3 Å². The van der Waals surface area contributed by atoms with Crippen molar-refractivity contribution < 1.29 is 0 Å². The molecule has 0 amide bonds. The summed E-state index contributed by atoms with van der Waals surface area (Å²) >= 11 is 0. The molecule has 0 saturated heterocycles. The van der Waals surface area contributed by atoms with Crippen LogP contribution in [0.3, 0.4) is 0 Å². The lowest BCUT2D eigenvalue weighted by atomic mass is 10.1. The predicted molar refractivity (Wildman–Crippen MR) is 87.6 cm³/mol. The first-order chi connectivity index (χ1) is 11.2. The Labute approximate surface area is 134 Å². The maximum absolute atomic E-state index is 9.30. The highest BCUT2D eigenvalue weighted by Gasteiger charge is 2.11. The molecule has 0 unspecified atom stereocenters. The highest BCUT2D eigenvalue weighted by Crippen LogP contribution is 2.19. The number of anilines is 1. The zero-order chi connectivity index (χ0) is 16.2. The Bertz CT molecular complexity index is 861. The van der Waals surface area contributed by atoms with Crippen LogP contribution in [0, 0.1) is 25.2 Å². The molecule has 0 saturated carbocycles. The molecule has 2 aromatic heterocycles. The molecule has 0 fully saturated rings. The number of hydrogen-bond donors (Lipinski definition) is 2. The van der Waals surface area contributed by atoms with E-state index in [1.807, 2.05) is 50.2 Å². The molecule has 0 bridgehead atoms. The van der Waals surface area contributed by atoms with E-state index in [9.17, 15) is 5.26 Å². The fourth-order valence-corrected chi connectivity index (χ4v) is 2.26. The summed E-state index contributed by atoms with van der Waals surface area (Å²) in [5.41, 5.74) is 4.99. The highest BCUT2D eigenvalue weighted by atomic mass is 15.2. The van der Waals surface area contributed by atoms with Crippen LogP contribution in [-0.2, 0) is 6.54 Å². The summed E-state index contributed by atoms with van der Waals surface area (Å²) in [6.45, 7) is 4.21. The molecule has 6 nitrogen and oxygen atoms in total. The van der Waals surface area contributed by atoms with Crippen molar-refractivity contribution >= 4 is 5.82 Å². The largest absolute Gasteiger partial charge is 0.362 e. The summed E-state index contributed by atoms with van der Waals surface area (Å²) in [7, 11) is 0. The van der Waals surface area contributed by atoms with Crippen LogP contribution >= 0.6 is 0 Å². The van der Waals surface area contributed by atoms with Crippen molar-refractivity contribution in [3.05, 3.63) is 58.9 Å². The molecule has 1 aromatic carbocycles. The van der Waals surface area contributed by atoms with Gasteiger partial charge in [0.2, 0.25) is 0 Å². The number of rotatable bonds is 4. The second-order valence-corrected chi connectivity index (χ2v) is 5.24. The molecule has 3 rings (SSSR count). The lowest BCUT2D eigenvalue weighted by Crippen LogP contribution is -2.07. The quantitative estimate of drug-likeness (QED) is 0.773. The van der Waals surface area contributed by atoms with E-state index >= 15 is 0 Å². The average Bonchev–Trinajstić information content (AvgIpc) is 3.06. The third-order valence-corrected chi connectivity index (χ3v) is 3.71. The van der Waals surface area contributed by atoms with Gasteiger partial charge in [0.05, 0.1) is 23.6 Å². The van der Waals surface area contributed by atoms with Gasteiger partial charge in [0, 0.05) is 5.56 Å². The van der Waals surface area contributed by atoms with Gasteiger partial charge in [-0.05, 0) is 25.5 Å². The van der Waals surface area contributed by atoms with Gasteiger partial charge >= 0.3 is 0 Å². The monoisotopic (exact) mass is 304 g/mol. The van der Waals surface area contributed by atoms with Crippen molar-refractivity contribution in [3.8, 4) is 17.3 Å². The van der Waals surface area contributed by atoms with E-state index in [2.05, 4.69) is 31.8 Å². The number of nitriles is 1. The first kappa shape index (κ1) is 14.7. The van der Waals surface area contributed by atoms with E-state index in [1.165, 1.54) is 0 Å². The number of aryl methyl sites for hydroxylation is 1. The minimum atomic E-state index is 0.492. The zero-order valence-corrected chi connectivity index (χ0v) is 13.0. The molecule has 0 radical (unpaired) electrons. The van der Waals surface area contributed by atoms with Gasteiger partial charge in [0.25, 0.3) is 0 Å². The summed E-state index contributed by atoms with van der Waals surface area (Å²) in [6, 6.07) is 14.1. The van der Waals surface area contributed by atoms with E-state index in [1.54, 1.807) is 0 Å². The van der Waals surface area contributed by atoms with Crippen molar-refractivity contribution in [1.29, 1.82) is 5.26 Å². The minimum absolute atomic E-state index is 0.492. The number of hydrogen-bond acceptors (Lipinski definition) is 5. The summed E-state index contributed by atoms with van der Waals surface area (Å²) in [6.07, 6.45) is 0. The number of aromatic amines is 1. The fraction of sp³-hybridized carbons (Fsp3) is 0.176. The second kappa shape index (κ2) is 6.28. The van der Waals surface area contributed by atoms with Gasteiger partial charge in [-0.15, -0.1) is 5.10 Å². The predicted octanol–water partition coefficient (Wildman–Crippen LogP) is 2.97. The average molecular weight is 304 g/mol. The first-order valence-electron chi connectivity index (χ1n) is 7.26. The van der Waals surface area contributed by atoms with E-state index in [-0.39, 0.29) is 0 Å².